The number of nitrogens with zero attached hydrogens (tertiary/aromatic N) is 2. The molecule has 0 amide bonds. The summed E-state index contributed by atoms with van der Waals surface area (Å²) in [6.45, 7) is 6.14. The molecule has 0 saturated heterocycles. The van der Waals surface area contributed by atoms with Gasteiger partial charge in [-0.25, -0.2) is 8.78 Å². The highest BCUT2D eigenvalue weighted by Crippen LogP contribution is 2.67. The number of rotatable bonds is 2. The molecule has 0 bridgehead atoms. The van der Waals surface area contributed by atoms with E-state index in [9.17, 15) is 8.78 Å². The first-order valence-corrected chi connectivity index (χ1v) is 6.33. The lowest BCUT2D eigenvalue weighted by Crippen LogP contribution is -2.15. The quantitative estimate of drug-likeness (QED) is 0.773. The number of hydrogen-bond donors (Lipinski definition) is 0. The van der Waals surface area contributed by atoms with Crippen molar-refractivity contribution >= 4 is 0 Å². The Morgan fingerprint density at radius 2 is 1.94 bits per heavy atom. The molecule has 2 saturated carbocycles. The minimum absolute atomic E-state index is 0.0741. The van der Waals surface area contributed by atoms with Gasteiger partial charge in [0.2, 0.25) is 5.92 Å². The van der Waals surface area contributed by atoms with Crippen molar-refractivity contribution < 1.29 is 8.78 Å². The van der Waals surface area contributed by atoms with E-state index in [2.05, 4.69) is 25.0 Å². The largest absolute Gasteiger partial charge is 0.267 e. The molecule has 2 nitrogen and oxygen atoms in total. The molecule has 0 spiro atoms. The molecule has 0 unspecified atom stereocenters. The monoisotopic (exact) mass is 240 g/mol. The maximum Gasteiger partial charge on any atom is 0.248 e. The van der Waals surface area contributed by atoms with Gasteiger partial charge in [0.15, 0.2) is 0 Å². The summed E-state index contributed by atoms with van der Waals surface area (Å²) in [5, 5.41) is 4.46. The van der Waals surface area contributed by atoms with Crippen LogP contribution in [-0.4, -0.2) is 15.7 Å². The van der Waals surface area contributed by atoms with E-state index in [4.69, 9.17) is 0 Å². The van der Waals surface area contributed by atoms with Crippen LogP contribution in [0.25, 0.3) is 0 Å². The molecule has 1 aromatic heterocycles. The lowest BCUT2D eigenvalue weighted by atomic mass is 10.1. The zero-order valence-electron chi connectivity index (χ0n) is 10.5. The van der Waals surface area contributed by atoms with Gasteiger partial charge >= 0.3 is 0 Å². The molecular weight excluding hydrogens is 222 g/mol. The predicted molar refractivity (Wildman–Crippen MR) is 61.3 cm³/mol. The Morgan fingerprint density at radius 1 is 1.35 bits per heavy atom. The Bertz CT molecular complexity index is 436. The Hall–Kier alpha value is -0.930. The van der Waals surface area contributed by atoms with Crippen LogP contribution >= 0.6 is 0 Å². The molecule has 2 fully saturated rings. The van der Waals surface area contributed by atoms with Crippen molar-refractivity contribution in [1.29, 1.82) is 0 Å². The average Bonchev–Trinajstić information content (AvgIpc) is 2.57. The van der Waals surface area contributed by atoms with E-state index in [1.807, 2.05) is 11.6 Å². The topological polar surface area (TPSA) is 17.8 Å². The van der Waals surface area contributed by atoms with Crippen molar-refractivity contribution in [2.45, 2.75) is 51.5 Å². The second-order valence-electron chi connectivity index (χ2n) is 5.87. The standard InChI is InChI=1S/C13H18F2N2/c1-7(2)17-11(4-8(3)16-17)12-9-5-13(14,15)6-10(9)12/h4,7,9-10,12H,5-6H2,1-3H3/t9-,10+,12+. The summed E-state index contributed by atoms with van der Waals surface area (Å²) in [5.74, 6) is -1.70. The van der Waals surface area contributed by atoms with Gasteiger partial charge in [-0.2, -0.15) is 5.10 Å². The number of alkyl halides is 2. The van der Waals surface area contributed by atoms with Crippen LogP contribution in [0.2, 0.25) is 0 Å². The third-order valence-corrected chi connectivity index (χ3v) is 4.12. The minimum atomic E-state index is -2.41. The van der Waals surface area contributed by atoms with E-state index in [1.165, 1.54) is 5.69 Å². The summed E-state index contributed by atoms with van der Waals surface area (Å²) in [7, 11) is 0. The number of aryl methyl sites for hydroxylation is 1. The number of halogens is 2. The summed E-state index contributed by atoms with van der Waals surface area (Å²) in [4.78, 5) is 0. The number of fused-ring (bicyclic) bond motifs is 1. The van der Waals surface area contributed by atoms with Crippen LogP contribution < -0.4 is 0 Å². The smallest absolute Gasteiger partial charge is 0.248 e. The van der Waals surface area contributed by atoms with E-state index in [0.29, 0.717) is 12.0 Å². The maximum atomic E-state index is 13.2. The van der Waals surface area contributed by atoms with Gasteiger partial charge in [0.25, 0.3) is 0 Å². The first-order valence-electron chi connectivity index (χ1n) is 6.33. The van der Waals surface area contributed by atoms with Crippen LogP contribution in [-0.2, 0) is 0 Å². The summed E-state index contributed by atoms with van der Waals surface area (Å²) in [5.41, 5.74) is 2.16. The van der Waals surface area contributed by atoms with Gasteiger partial charge in [-0.1, -0.05) is 0 Å². The average molecular weight is 240 g/mol. The molecule has 3 rings (SSSR count). The Labute approximate surface area is 100 Å². The molecule has 94 valence electrons. The molecule has 2 aliphatic rings. The van der Waals surface area contributed by atoms with Crippen LogP contribution in [0.3, 0.4) is 0 Å². The lowest BCUT2D eigenvalue weighted by Gasteiger charge is -2.15. The first-order chi connectivity index (χ1) is 7.89. The van der Waals surface area contributed by atoms with Gasteiger partial charge in [0.05, 0.1) is 5.69 Å². The predicted octanol–water partition coefficient (Wildman–Crippen LogP) is 3.53. The molecule has 0 N–H and O–H groups in total. The third-order valence-electron chi connectivity index (χ3n) is 4.12. The van der Waals surface area contributed by atoms with Crippen molar-refractivity contribution in [3.8, 4) is 0 Å². The van der Waals surface area contributed by atoms with E-state index in [-0.39, 0.29) is 24.7 Å². The highest BCUT2D eigenvalue weighted by Gasteiger charge is 2.64. The van der Waals surface area contributed by atoms with Crippen LogP contribution in [0.1, 0.15) is 50.0 Å². The lowest BCUT2D eigenvalue weighted by molar-refractivity contribution is -0.00554. The van der Waals surface area contributed by atoms with E-state index >= 15 is 0 Å². The van der Waals surface area contributed by atoms with Crippen molar-refractivity contribution in [2.75, 3.05) is 0 Å². The number of aromatic nitrogens is 2. The van der Waals surface area contributed by atoms with Crippen LogP contribution in [0.5, 0.6) is 0 Å². The second kappa shape index (κ2) is 3.30. The molecule has 0 aliphatic heterocycles. The van der Waals surface area contributed by atoms with Crippen molar-refractivity contribution in [3.05, 3.63) is 17.5 Å². The van der Waals surface area contributed by atoms with Gasteiger partial charge in [0, 0.05) is 30.5 Å². The summed E-state index contributed by atoms with van der Waals surface area (Å²) < 4.78 is 28.3. The Morgan fingerprint density at radius 3 is 2.47 bits per heavy atom. The van der Waals surface area contributed by atoms with Gasteiger partial charge < -0.3 is 0 Å². The van der Waals surface area contributed by atoms with Crippen LogP contribution in [0.15, 0.2) is 6.07 Å². The van der Waals surface area contributed by atoms with Crippen molar-refractivity contribution in [2.24, 2.45) is 11.8 Å². The van der Waals surface area contributed by atoms with E-state index in [1.54, 1.807) is 0 Å². The van der Waals surface area contributed by atoms with Gasteiger partial charge in [-0.05, 0) is 38.7 Å². The van der Waals surface area contributed by atoms with Crippen LogP contribution in [0.4, 0.5) is 8.78 Å². The zero-order chi connectivity index (χ0) is 12.4. The third kappa shape index (κ3) is 1.69. The fraction of sp³-hybridized carbons (Fsp3) is 0.769. The first kappa shape index (κ1) is 11.2. The molecule has 0 radical (unpaired) electrons. The second-order valence-corrected chi connectivity index (χ2v) is 5.87. The van der Waals surface area contributed by atoms with Gasteiger partial charge in [-0.15, -0.1) is 0 Å². The summed E-state index contributed by atoms with van der Waals surface area (Å²) >= 11 is 0. The maximum absolute atomic E-state index is 13.2. The highest BCUT2D eigenvalue weighted by molar-refractivity contribution is 5.27. The fourth-order valence-corrected chi connectivity index (χ4v) is 3.41. The Balaban J connectivity index is 1.85. The summed E-state index contributed by atoms with van der Waals surface area (Å²) in [6, 6.07) is 2.38. The molecular formula is C13H18F2N2. The Kier molecular flexibility index (Phi) is 2.17. The van der Waals surface area contributed by atoms with Crippen molar-refractivity contribution in [1.82, 2.24) is 9.78 Å². The van der Waals surface area contributed by atoms with Gasteiger partial charge in [-0.3, -0.25) is 4.68 Å². The van der Waals surface area contributed by atoms with Gasteiger partial charge in [0.1, 0.15) is 0 Å². The number of hydrogen-bond acceptors (Lipinski definition) is 1. The molecule has 0 aromatic carbocycles. The molecule has 1 heterocycles. The zero-order valence-corrected chi connectivity index (χ0v) is 10.5. The molecule has 17 heavy (non-hydrogen) atoms. The fourth-order valence-electron chi connectivity index (χ4n) is 3.41. The van der Waals surface area contributed by atoms with E-state index in [0.717, 1.165) is 5.69 Å². The van der Waals surface area contributed by atoms with Crippen molar-refractivity contribution in [3.63, 3.8) is 0 Å². The SMILES string of the molecule is Cc1cc([C@H]2[C@@H]3CC(F)(F)C[C@@H]32)n(C(C)C)n1. The molecule has 1 aromatic rings. The van der Waals surface area contributed by atoms with Crippen LogP contribution in [0, 0.1) is 18.8 Å². The highest BCUT2D eigenvalue weighted by atomic mass is 19.3. The molecule has 4 heteroatoms. The van der Waals surface area contributed by atoms with E-state index < -0.39 is 5.92 Å². The normalized spacial score (nSPS) is 34.1. The molecule has 3 atom stereocenters. The summed E-state index contributed by atoms with van der Waals surface area (Å²) in [6.07, 6.45) is 0.148. The minimum Gasteiger partial charge on any atom is -0.267 e. The molecule has 2 aliphatic carbocycles.